The maximum atomic E-state index is 12.9. The zero-order chi connectivity index (χ0) is 16.8. The van der Waals surface area contributed by atoms with Crippen LogP contribution >= 0.6 is 11.3 Å². The van der Waals surface area contributed by atoms with Gasteiger partial charge < -0.3 is 10.4 Å². The van der Waals surface area contributed by atoms with E-state index in [1.54, 1.807) is 19.1 Å². The molecule has 2 aromatic rings. The number of halogens is 1. The fourth-order valence-corrected chi connectivity index (χ4v) is 2.71. The summed E-state index contributed by atoms with van der Waals surface area (Å²) in [5.74, 6) is -0.448. The second-order valence-corrected chi connectivity index (χ2v) is 6.33. The highest BCUT2D eigenvalue weighted by Crippen LogP contribution is 2.24. The average Bonchev–Trinajstić information content (AvgIpc) is 2.94. The van der Waals surface area contributed by atoms with Crippen molar-refractivity contribution in [3.05, 3.63) is 35.5 Å². The monoisotopic (exact) mass is 337 g/mol. The van der Waals surface area contributed by atoms with Crippen LogP contribution in [0.2, 0.25) is 0 Å². The Morgan fingerprint density at radius 3 is 2.78 bits per heavy atom. The van der Waals surface area contributed by atoms with Crippen LogP contribution < -0.4 is 5.32 Å². The van der Waals surface area contributed by atoms with Gasteiger partial charge in [0, 0.05) is 17.5 Å². The van der Waals surface area contributed by atoms with Crippen LogP contribution in [0.1, 0.15) is 13.3 Å². The Morgan fingerprint density at radius 2 is 2.13 bits per heavy atom. The summed E-state index contributed by atoms with van der Waals surface area (Å²) in [5.41, 5.74) is 1.50. The van der Waals surface area contributed by atoms with Gasteiger partial charge in [0.05, 0.1) is 18.3 Å². The van der Waals surface area contributed by atoms with Gasteiger partial charge in [-0.25, -0.2) is 9.37 Å². The SMILES string of the molecule is CC(O)CCN(C)CC(=O)Nc1nc(-c2ccc(F)cc2)cs1. The highest BCUT2D eigenvalue weighted by molar-refractivity contribution is 7.14. The first-order valence-electron chi connectivity index (χ1n) is 7.32. The topological polar surface area (TPSA) is 65.5 Å². The molecule has 2 rings (SSSR count). The van der Waals surface area contributed by atoms with Gasteiger partial charge >= 0.3 is 0 Å². The van der Waals surface area contributed by atoms with E-state index in [1.807, 2.05) is 17.3 Å². The molecule has 0 aliphatic carbocycles. The summed E-state index contributed by atoms with van der Waals surface area (Å²) in [6.45, 7) is 2.60. The summed E-state index contributed by atoms with van der Waals surface area (Å²) in [6.07, 6.45) is 0.244. The normalized spacial score (nSPS) is 12.4. The number of carbonyl (C=O) groups excluding carboxylic acids is 1. The first kappa shape index (κ1) is 17.5. The lowest BCUT2D eigenvalue weighted by Crippen LogP contribution is -2.31. The summed E-state index contributed by atoms with van der Waals surface area (Å²) < 4.78 is 12.9. The van der Waals surface area contributed by atoms with E-state index < -0.39 is 0 Å². The molecule has 124 valence electrons. The minimum Gasteiger partial charge on any atom is -0.393 e. The van der Waals surface area contributed by atoms with Gasteiger partial charge in [-0.15, -0.1) is 11.3 Å². The Kier molecular flexibility index (Phi) is 6.20. The molecule has 1 aromatic heterocycles. The molecule has 0 aliphatic rings. The summed E-state index contributed by atoms with van der Waals surface area (Å²) in [4.78, 5) is 18.1. The van der Waals surface area contributed by atoms with Crippen LogP contribution in [0.3, 0.4) is 0 Å². The lowest BCUT2D eigenvalue weighted by Gasteiger charge is -2.16. The van der Waals surface area contributed by atoms with Crippen LogP contribution in [0.4, 0.5) is 9.52 Å². The van der Waals surface area contributed by atoms with Gasteiger partial charge in [-0.3, -0.25) is 9.69 Å². The zero-order valence-electron chi connectivity index (χ0n) is 13.1. The van der Waals surface area contributed by atoms with E-state index in [0.29, 0.717) is 23.8 Å². The van der Waals surface area contributed by atoms with E-state index in [1.165, 1.54) is 23.5 Å². The molecule has 0 bridgehead atoms. The van der Waals surface area contributed by atoms with Gasteiger partial charge in [-0.1, -0.05) is 0 Å². The molecule has 0 aliphatic heterocycles. The van der Waals surface area contributed by atoms with Crippen LogP contribution in [0.15, 0.2) is 29.6 Å². The van der Waals surface area contributed by atoms with Gasteiger partial charge in [0.1, 0.15) is 5.82 Å². The molecule has 0 saturated heterocycles. The summed E-state index contributed by atoms with van der Waals surface area (Å²) in [6, 6.07) is 6.06. The van der Waals surface area contributed by atoms with Gasteiger partial charge in [0.15, 0.2) is 5.13 Å². The minimum absolute atomic E-state index is 0.155. The van der Waals surface area contributed by atoms with Gasteiger partial charge in [0.25, 0.3) is 0 Å². The number of hydrogen-bond acceptors (Lipinski definition) is 5. The smallest absolute Gasteiger partial charge is 0.240 e. The third-order valence-corrected chi connectivity index (χ3v) is 3.99. The Hall–Kier alpha value is -1.83. The number of thiazole rings is 1. The number of hydrogen-bond donors (Lipinski definition) is 2. The quantitative estimate of drug-likeness (QED) is 0.815. The summed E-state index contributed by atoms with van der Waals surface area (Å²) in [5, 5.41) is 14.3. The van der Waals surface area contributed by atoms with Crippen LogP contribution in [-0.2, 0) is 4.79 Å². The second-order valence-electron chi connectivity index (χ2n) is 5.47. The van der Waals surface area contributed by atoms with Crippen molar-refractivity contribution in [3.63, 3.8) is 0 Å². The molecule has 0 fully saturated rings. The number of aliphatic hydroxyl groups excluding tert-OH is 1. The molecular weight excluding hydrogens is 317 g/mol. The van der Waals surface area contributed by atoms with Crippen LogP contribution in [0, 0.1) is 5.82 Å². The predicted octanol–water partition coefficient (Wildman–Crippen LogP) is 2.59. The number of anilines is 1. The summed E-state index contributed by atoms with van der Waals surface area (Å²) >= 11 is 1.33. The molecule has 1 unspecified atom stereocenters. The largest absolute Gasteiger partial charge is 0.393 e. The van der Waals surface area contributed by atoms with Crippen LogP contribution in [0.25, 0.3) is 11.3 Å². The first-order chi connectivity index (χ1) is 10.9. The number of nitrogens with zero attached hydrogens (tertiary/aromatic N) is 2. The van der Waals surface area contributed by atoms with E-state index in [-0.39, 0.29) is 24.4 Å². The van der Waals surface area contributed by atoms with Crippen molar-refractivity contribution in [1.29, 1.82) is 0 Å². The number of rotatable bonds is 7. The standard InChI is InChI=1S/C16H20FN3O2S/c1-11(21)7-8-20(2)9-15(22)19-16-18-14(10-23-16)12-3-5-13(17)6-4-12/h3-6,10-11,21H,7-9H2,1-2H3,(H,18,19,22). The van der Waals surface area contributed by atoms with Gasteiger partial charge in [-0.2, -0.15) is 0 Å². The molecule has 1 aromatic carbocycles. The molecule has 2 N–H and O–H groups in total. The first-order valence-corrected chi connectivity index (χ1v) is 8.20. The number of amides is 1. The predicted molar refractivity (Wildman–Crippen MR) is 89.9 cm³/mol. The number of aromatic nitrogens is 1. The summed E-state index contributed by atoms with van der Waals surface area (Å²) in [7, 11) is 1.83. The van der Waals surface area contributed by atoms with Gasteiger partial charge in [0.2, 0.25) is 5.91 Å². The van der Waals surface area contributed by atoms with E-state index in [9.17, 15) is 14.3 Å². The van der Waals surface area contributed by atoms with E-state index >= 15 is 0 Å². The number of carbonyl (C=O) groups is 1. The molecule has 7 heteroatoms. The maximum absolute atomic E-state index is 12.9. The Morgan fingerprint density at radius 1 is 1.43 bits per heavy atom. The van der Waals surface area contributed by atoms with E-state index in [2.05, 4.69) is 10.3 Å². The minimum atomic E-state index is -0.377. The fourth-order valence-electron chi connectivity index (χ4n) is 1.97. The number of likely N-dealkylation sites (N-methyl/N-ethyl adjacent to an activating group) is 1. The molecule has 1 atom stereocenters. The van der Waals surface area contributed by atoms with Crippen molar-refractivity contribution in [2.75, 3.05) is 25.5 Å². The van der Waals surface area contributed by atoms with Crippen molar-refractivity contribution in [2.24, 2.45) is 0 Å². The van der Waals surface area contributed by atoms with Crippen LogP contribution in [-0.4, -0.2) is 47.1 Å². The van der Waals surface area contributed by atoms with Crippen LogP contribution in [0.5, 0.6) is 0 Å². The van der Waals surface area contributed by atoms with Crippen molar-refractivity contribution in [2.45, 2.75) is 19.4 Å². The van der Waals surface area contributed by atoms with Crippen molar-refractivity contribution in [3.8, 4) is 11.3 Å². The molecule has 1 amide bonds. The molecule has 23 heavy (non-hydrogen) atoms. The molecule has 1 heterocycles. The third kappa shape index (κ3) is 5.70. The lowest BCUT2D eigenvalue weighted by atomic mass is 10.2. The van der Waals surface area contributed by atoms with Crippen molar-refractivity contribution >= 4 is 22.4 Å². The highest BCUT2D eigenvalue weighted by atomic mass is 32.1. The number of benzene rings is 1. The molecule has 5 nitrogen and oxygen atoms in total. The lowest BCUT2D eigenvalue weighted by molar-refractivity contribution is -0.117. The van der Waals surface area contributed by atoms with Crippen molar-refractivity contribution in [1.82, 2.24) is 9.88 Å². The fraction of sp³-hybridized carbons (Fsp3) is 0.375. The molecule has 0 spiro atoms. The Balaban J connectivity index is 1.88. The molecular formula is C16H20FN3O2S. The van der Waals surface area contributed by atoms with E-state index in [4.69, 9.17) is 0 Å². The van der Waals surface area contributed by atoms with E-state index in [0.717, 1.165) is 5.56 Å². The second kappa shape index (κ2) is 8.14. The maximum Gasteiger partial charge on any atom is 0.240 e. The average molecular weight is 337 g/mol. The molecule has 0 saturated carbocycles. The zero-order valence-corrected chi connectivity index (χ0v) is 13.9. The Labute approximate surface area is 138 Å². The van der Waals surface area contributed by atoms with Gasteiger partial charge in [-0.05, 0) is 44.7 Å². The Bertz CT molecular complexity index is 643. The molecule has 0 radical (unpaired) electrons. The number of nitrogens with one attached hydrogen (secondary N) is 1. The third-order valence-electron chi connectivity index (χ3n) is 3.23. The van der Waals surface area contributed by atoms with Crippen molar-refractivity contribution < 1.29 is 14.3 Å². The highest BCUT2D eigenvalue weighted by Gasteiger charge is 2.11. The number of aliphatic hydroxyl groups is 1.